The number of halogens is 3. The second kappa shape index (κ2) is 10.2. The molecule has 0 spiro atoms. The van der Waals surface area contributed by atoms with Crippen LogP contribution in [0.1, 0.15) is 60.5 Å². The summed E-state index contributed by atoms with van der Waals surface area (Å²) in [4.78, 5) is 40.8. The SMILES string of the molecule is CN(C(=O)CCCC(=O)O)[C@H]1c2ccccc2N(C(=O)c2ccc(OC(F)(F)F)cc2)[C@@H]2CCC[C@@H]21. The fourth-order valence-electron chi connectivity index (χ4n) is 5.44. The lowest BCUT2D eigenvalue weighted by Crippen LogP contribution is -2.51. The monoisotopic (exact) mass is 504 g/mol. The summed E-state index contributed by atoms with van der Waals surface area (Å²) >= 11 is 0. The Labute approximate surface area is 206 Å². The first-order valence-electron chi connectivity index (χ1n) is 11.8. The molecule has 0 radical (unpaired) electrons. The summed E-state index contributed by atoms with van der Waals surface area (Å²) in [6, 6.07) is 11.8. The largest absolute Gasteiger partial charge is 0.573 e. The van der Waals surface area contributed by atoms with Gasteiger partial charge in [-0.2, -0.15) is 0 Å². The highest BCUT2D eigenvalue weighted by atomic mass is 19.4. The number of aliphatic carboxylic acids is 1. The van der Waals surface area contributed by atoms with Gasteiger partial charge in [0.25, 0.3) is 5.91 Å². The molecule has 192 valence electrons. The molecule has 0 aromatic heterocycles. The van der Waals surface area contributed by atoms with Gasteiger partial charge < -0.3 is 19.6 Å². The number of ether oxygens (including phenoxy) is 1. The molecule has 2 aromatic carbocycles. The highest BCUT2D eigenvalue weighted by Gasteiger charge is 2.48. The Bertz CT molecular complexity index is 1140. The number of carbonyl (C=O) groups is 3. The highest BCUT2D eigenvalue weighted by Crippen LogP contribution is 2.50. The molecule has 36 heavy (non-hydrogen) atoms. The standard InChI is InChI=1S/C26H27F3N2O5/c1-30(22(32)10-5-11-23(33)34)24-18-6-2-3-8-20(18)31(21-9-4-7-19(21)24)25(35)16-12-14-17(15-13-16)36-26(27,28)29/h2-3,6,8,12-15,19,21,24H,4-5,7,9-11H2,1H3,(H,33,34)/t19-,21+,24-/m0/s1. The fraction of sp³-hybridized carbons (Fsp3) is 0.423. The number of anilines is 1. The molecule has 1 fully saturated rings. The Hall–Kier alpha value is -3.56. The van der Waals surface area contributed by atoms with Gasteiger partial charge in [0.05, 0.1) is 6.04 Å². The van der Waals surface area contributed by atoms with Crippen LogP contribution in [0.5, 0.6) is 5.75 Å². The minimum atomic E-state index is -4.82. The number of benzene rings is 2. The van der Waals surface area contributed by atoms with E-state index in [1.165, 1.54) is 12.1 Å². The van der Waals surface area contributed by atoms with Crippen LogP contribution in [0.15, 0.2) is 48.5 Å². The first kappa shape index (κ1) is 25.5. The van der Waals surface area contributed by atoms with Crippen molar-refractivity contribution in [3.05, 3.63) is 59.7 Å². The van der Waals surface area contributed by atoms with E-state index < -0.39 is 18.1 Å². The van der Waals surface area contributed by atoms with Crippen molar-refractivity contribution in [1.29, 1.82) is 0 Å². The summed E-state index contributed by atoms with van der Waals surface area (Å²) in [5.41, 5.74) is 1.72. The summed E-state index contributed by atoms with van der Waals surface area (Å²) in [6.45, 7) is 0. The fourth-order valence-corrected chi connectivity index (χ4v) is 5.44. The molecule has 0 unspecified atom stereocenters. The molecule has 10 heteroatoms. The van der Waals surface area contributed by atoms with E-state index >= 15 is 0 Å². The third-order valence-corrected chi connectivity index (χ3v) is 6.93. The van der Waals surface area contributed by atoms with E-state index in [1.54, 1.807) is 22.9 Å². The first-order chi connectivity index (χ1) is 17.1. The number of alkyl halides is 3. The summed E-state index contributed by atoms with van der Waals surface area (Å²) in [7, 11) is 1.72. The Morgan fingerprint density at radius 1 is 1.06 bits per heavy atom. The molecule has 1 heterocycles. The van der Waals surface area contributed by atoms with E-state index in [-0.39, 0.29) is 54.6 Å². The minimum absolute atomic E-state index is 0.0230. The van der Waals surface area contributed by atoms with Gasteiger partial charge in [-0.3, -0.25) is 14.4 Å². The maximum atomic E-state index is 13.6. The number of carbonyl (C=O) groups excluding carboxylic acids is 2. The Morgan fingerprint density at radius 3 is 2.42 bits per heavy atom. The van der Waals surface area contributed by atoms with Gasteiger partial charge in [-0.25, -0.2) is 0 Å². The van der Waals surface area contributed by atoms with Gasteiger partial charge >= 0.3 is 12.3 Å². The zero-order chi connectivity index (χ0) is 26.0. The van der Waals surface area contributed by atoms with Crippen LogP contribution in [0, 0.1) is 5.92 Å². The summed E-state index contributed by atoms with van der Waals surface area (Å²) in [6.07, 6.45) is -2.13. The first-order valence-corrected chi connectivity index (χ1v) is 11.8. The predicted molar refractivity (Wildman–Crippen MR) is 125 cm³/mol. The lowest BCUT2D eigenvalue weighted by molar-refractivity contribution is -0.274. The molecule has 1 N–H and O–H groups in total. The number of para-hydroxylation sites is 1. The molecular weight excluding hydrogens is 477 g/mol. The number of hydrogen-bond donors (Lipinski definition) is 1. The molecule has 2 amide bonds. The van der Waals surface area contributed by atoms with Crippen molar-refractivity contribution in [2.45, 2.75) is 57.0 Å². The zero-order valence-electron chi connectivity index (χ0n) is 19.7. The molecule has 2 aromatic rings. The topological polar surface area (TPSA) is 87.2 Å². The van der Waals surface area contributed by atoms with Gasteiger partial charge in [0, 0.05) is 43.1 Å². The van der Waals surface area contributed by atoms with Crippen LogP contribution in [0.25, 0.3) is 0 Å². The average molecular weight is 505 g/mol. The van der Waals surface area contributed by atoms with E-state index in [2.05, 4.69) is 4.74 Å². The second-order valence-electron chi connectivity index (χ2n) is 9.17. The lowest BCUT2D eigenvalue weighted by atomic mass is 9.81. The quantitative estimate of drug-likeness (QED) is 0.562. The molecule has 1 saturated carbocycles. The second-order valence-corrected chi connectivity index (χ2v) is 9.17. The highest BCUT2D eigenvalue weighted by molar-refractivity contribution is 6.07. The maximum Gasteiger partial charge on any atom is 0.573 e. The van der Waals surface area contributed by atoms with E-state index in [9.17, 15) is 27.6 Å². The van der Waals surface area contributed by atoms with E-state index in [0.717, 1.165) is 37.0 Å². The molecule has 0 bridgehead atoms. The van der Waals surface area contributed by atoms with Crippen molar-refractivity contribution in [3.8, 4) is 5.75 Å². The van der Waals surface area contributed by atoms with Gasteiger partial charge in [0.2, 0.25) is 5.91 Å². The third-order valence-electron chi connectivity index (χ3n) is 6.93. The van der Waals surface area contributed by atoms with Crippen molar-refractivity contribution in [2.75, 3.05) is 11.9 Å². The van der Waals surface area contributed by atoms with Crippen LogP contribution < -0.4 is 9.64 Å². The molecule has 4 rings (SSSR count). The number of rotatable bonds is 7. The molecule has 0 saturated heterocycles. The van der Waals surface area contributed by atoms with Crippen molar-refractivity contribution in [1.82, 2.24) is 4.90 Å². The van der Waals surface area contributed by atoms with Gasteiger partial charge in [0.15, 0.2) is 0 Å². The van der Waals surface area contributed by atoms with Gasteiger partial charge in [-0.05, 0) is 55.2 Å². The summed E-state index contributed by atoms with van der Waals surface area (Å²) < 4.78 is 41.5. The predicted octanol–water partition coefficient (Wildman–Crippen LogP) is 5.17. The van der Waals surface area contributed by atoms with Crippen molar-refractivity contribution < 1.29 is 37.4 Å². The number of nitrogens with zero attached hydrogens (tertiary/aromatic N) is 2. The van der Waals surface area contributed by atoms with Crippen LogP contribution in [0.3, 0.4) is 0 Å². The number of carboxylic acids is 1. The van der Waals surface area contributed by atoms with E-state index in [1.807, 2.05) is 18.2 Å². The molecule has 1 aliphatic carbocycles. The Balaban J connectivity index is 1.63. The molecular formula is C26H27F3N2O5. The summed E-state index contributed by atoms with van der Waals surface area (Å²) in [5, 5.41) is 8.89. The van der Waals surface area contributed by atoms with Crippen LogP contribution in [0.4, 0.5) is 18.9 Å². The summed E-state index contributed by atoms with van der Waals surface area (Å²) in [5.74, 6) is -1.85. The van der Waals surface area contributed by atoms with Crippen LogP contribution >= 0.6 is 0 Å². The third kappa shape index (κ3) is 5.32. The average Bonchev–Trinajstić information content (AvgIpc) is 3.30. The van der Waals surface area contributed by atoms with Crippen LogP contribution in [-0.4, -0.2) is 47.2 Å². The Kier molecular flexibility index (Phi) is 7.23. The smallest absolute Gasteiger partial charge is 0.481 e. The minimum Gasteiger partial charge on any atom is -0.481 e. The van der Waals surface area contributed by atoms with Crippen LogP contribution in [0.2, 0.25) is 0 Å². The Morgan fingerprint density at radius 2 is 1.75 bits per heavy atom. The number of hydrogen-bond acceptors (Lipinski definition) is 4. The van der Waals surface area contributed by atoms with Gasteiger partial charge in [-0.15, -0.1) is 13.2 Å². The zero-order valence-corrected chi connectivity index (χ0v) is 19.7. The van der Waals surface area contributed by atoms with Gasteiger partial charge in [0.1, 0.15) is 5.75 Å². The van der Waals surface area contributed by atoms with Crippen LogP contribution in [-0.2, 0) is 9.59 Å². The number of amides is 2. The molecule has 1 aliphatic heterocycles. The normalized spacial score (nSPS) is 20.9. The molecule has 3 atom stereocenters. The molecule has 7 nitrogen and oxygen atoms in total. The van der Waals surface area contributed by atoms with Gasteiger partial charge in [-0.1, -0.05) is 24.6 Å². The molecule has 2 aliphatic rings. The van der Waals surface area contributed by atoms with Crippen molar-refractivity contribution in [2.24, 2.45) is 5.92 Å². The lowest BCUT2D eigenvalue weighted by Gasteiger charge is -2.46. The van der Waals surface area contributed by atoms with E-state index in [0.29, 0.717) is 5.69 Å². The number of fused-ring (bicyclic) bond motifs is 2. The van der Waals surface area contributed by atoms with Crippen molar-refractivity contribution in [3.63, 3.8) is 0 Å². The number of carboxylic acid groups (broad SMARTS) is 1. The maximum absolute atomic E-state index is 13.6. The van der Waals surface area contributed by atoms with Crippen molar-refractivity contribution >= 4 is 23.5 Å². The van der Waals surface area contributed by atoms with E-state index in [4.69, 9.17) is 5.11 Å².